The molecule has 6 nitrogen and oxygen atoms in total. The molecule has 22 heavy (non-hydrogen) atoms. The van der Waals surface area contributed by atoms with E-state index in [0.717, 1.165) is 28.1 Å². The second kappa shape index (κ2) is 6.28. The summed E-state index contributed by atoms with van der Waals surface area (Å²) in [5.74, 6) is 2.34. The Labute approximate surface area is 133 Å². The highest BCUT2D eigenvalue weighted by Crippen LogP contribution is 2.35. The first-order valence-electron chi connectivity index (χ1n) is 7.09. The third-order valence-corrected chi connectivity index (χ3v) is 5.10. The summed E-state index contributed by atoms with van der Waals surface area (Å²) in [4.78, 5) is 0. The fraction of sp³-hybridized carbons (Fsp3) is 0.467. The summed E-state index contributed by atoms with van der Waals surface area (Å²) in [7, 11) is 0. The molecular weight excluding hydrogens is 302 g/mol. The molecule has 1 aliphatic heterocycles. The summed E-state index contributed by atoms with van der Waals surface area (Å²) in [5.41, 5.74) is 0.784. The van der Waals surface area contributed by atoms with E-state index < -0.39 is 0 Å². The average Bonchev–Trinajstić information content (AvgIpc) is 3.05. The molecule has 1 N–H and O–H groups in total. The summed E-state index contributed by atoms with van der Waals surface area (Å²) >= 11 is 1.59. The van der Waals surface area contributed by atoms with Crippen LogP contribution in [0.5, 0.6) is 0 Å². The fourth-order valence-corrected chi connectivity index (χ4v) is 3.44. The Kier molecular flexibility index (Phi) is 4.37. The molecule has 0 aromatic carbocycles. The number of hydrogen-bond acceptors (Lipinski definition) is 6. The lowest BCUT2D eigenvalue weighted by atomic mass is 9.90. The number of furan rings is 1. The summed E-state index contributed by atoms with van der Waals surface area (Å²) < 4.78 is 12.6. The molecule has 3 rings (SSSR count). The highest BCUT2D eigenvalue weighted by molar-refractivity contribution is 7.99. The number of rotatable bonds is 7. The number of aromatic nitrogens is 3. The topological polar surface area (TPSA) is 73.3 Å². The predicted molar refractivity (Wildman–Crippen MR) is 83.7 cm³/mol. The van der Waals surface area contributed by atoms with Crippen LogP contribution in [0.2, 0.25) is 0 Å². The van der Waals surface area contributed by atoms with E-state index in [1.807, 2.05) is 23.6 Å². The minimum atomic E-state index is -0.151. The minimum Gasteiger partial charge on any atom is -0.469 e. The molecule has 118 valence electrons. The summed E-state index contributed by atoms with van der Waals surface area (Å²) in [6.07, 6.45) is 3.47. The molecule has 1 aliphatic rings. The lowest BCUT2D eigenvalue weighted by Gasteiger charge is -2.39. The van der Waals surface area contributed by atoms with Gasteiger partial charge in [-0.25, -0.2) is 0 Å². The Morgan fingerprint density at radius 1 is 1.50 bits per heavy atom. The van der Waals surface area contributed by atoms with Crippen LogP contribution in [0.15, 0.2) is 34.6 Å². The van der Waals surface area contributed by atoms with Crippen LogP contribution in [-0.2, 0) is 11.3 Å². The number of aryl methyl sites for hydroxylation is 1. The van der Waals surface area contributed by atoms with Gasteiger partial charge in [-0.1, -0.05) is 17.8 Å². The average molecular weight is 321 g/mol. The molecule has 0 unspecified atom stereocenters. The van der Waals surface area contributed by atoms with Gasteiger partial charge in [-0.2, -0.15) is 0 Å². The first kappa shape index (κ1) is 15.3. The van der Waals surface area contributed by atoms with E-state index >= 15 is 0 Å². The number of hydrogen-bond donors (Lipinski definition) is 1. The van der Waals surface area contributed by atoms with Crippen LogP contribution in [-0.4, -0.2) is 45.4 Å². The van der Waals surface area contributed by atoms with Crippen molar-refractivity contribution in [3.8, 4) is 11.4 Å². The summed E-state index contributed by atoms with van der Waals surface area (Å²) in [6.45, 7) is 7.65. The Hall–Kier alpha value is -1.57. The smallest absolute Gasteiger partial charge is 0.191 e. The van der Waals surface area contributed by atoms with Crippen molar-refractivity contribution in [3.05, 3.63) is 30.7 Å². The van der Waals surface area contributed by atoms with Gasteiger partial charge >= 0.3 is 0 Å². The van der Waals surface area contributed by atoms with Gasteiger partial charge < -0.3 is 14.3 Å². The first-order chi connectivity index (χ1) is 10.7. The summed E-state index contributed by atoms with van der Waals surface area (Å²) in [6, 6.07) is 1.89. The molecule has 0 aliphatic carbocycles. The number of allylic oxidation sites excluding steroid dienone is 1. The van der Waals surface area contributed by atoms with Crippen molar-refractivity contribution in [2.75, 3.05) is 25.6 Å². The predicted octanol–water partition coefficient (Wildman–Crippen LogP) is 2.13. The van der Waals surface area contributed by atoms with Crippen LogP contribution >= 0.6 is 11.8 Å². The third-order valence-electron chi connectivity index (χ3n) is 3.79. The maximum Gasteiger partial charge on any atom is 0.191 e. The second-order valence-corrected chi connectivity index (χ2v) is 6.48. The van der Waals surface area contributed by atoms with Crippen LogP contribution in [0.3, 0.4) is 0 Å². The van der Waals surface area contributed by atoms with Gasteiger partial charge in [0.05, 0.1) is 31.6 Å². The number of nitrogens with zero attached hydrogens (tertiary/aromatic N) is 3. The Balaban J connectivity index is 1.84. The van der Waals surface area contributed by atoms with Crippen molar-refractivity contribution < 1.29 is 14.3 Å². The minimum absolute atomic E-state index is 0.128. The molecule has 0 amide bonds. The first-order valence-corrected chi connectivity index (χ1v) is 8.08. The number of ether oxygens (including phenoxy) is 1. The van der Waals surface area contributed by atoms with Crippen molar-refractivity contribution in [3.63, 3.8) is 0 Å². The summed E-state index contributed by atoms with van der Waals surface area (Å²) in [5, 5.41) is 18.9. The molecule has 0 saturated carbocycles. The Morgan fingerprint density at radius 3 is 2.86 bits per heavy atom. The molecule has 1 saturated heterocycles. The van der Waals surface area contributed by atoms with E-state index in [1.54, 1.807) is 18.0 Å². The number of thioether (sulfide) groups is 1. The van der Waals surface area contributed by atoms with Gasteiger partial charge in [-0.05, 0) is 13.0 Å². The molecule has 0 spiro atoms. The fourth-order valence-electron chi connectivity index (χ4n) is 2.33. The highest BCUT2D eigenvalue weighted by Gasteiger charge is 2.38. The standard InChI is InChI=1S/C15H19N3O3S/c1-3-5-18-13(12-4-6-21-11(12)2)16-17-14(18)22-10-15(7-19)8-20-9-15/h3-4,6,19H,1,5,7-10H2,2H3. The van der Waals surface area contributed by atoms with Gasteiger partial charge in [0.1, 0.15) is 5.76 Å². The molecule has 2 aromatic rings. The van der Waals surface area contributed by atoms with Gasteiger partial charge in [-0.15, -0.1) is 16.8 Å². The molecule has 2 aromatic heterocycles. The normalized spacial score (nSPS) is 16.5. The zero-order valence-corrected chi connectivity index (χ0v) is 13.3. The molecule has 0 atom stereocenters. The van der Waals surface area contributed by atoms with E-state index in [0.29, 0.717) is 19.8 Å². The molecule has 1 fully saturated rings. The van der Waals surface area contributed by atoms with Crippen molar-refractivity contribution >= 4 is 11.8 Å². The number of aliphatic hydroxyl groups is 1. The van der Waals surface area contributed by atoms with E-state index in [4.69, 9.17) is 9.15 Å². The van der Waals surface area contributed by atoms with Crippen LogP contribution in [0, 0.1) is 12.3 Å². The lowest BCUT2D eigenvalue weighted by Crippen LogP contribution is -2.47. The lowest BCUT2D eigenvalue weighted by molar-refractivity contribution is -0.121. The zero-order chi connectivity index (χ0) is 15.6. The van der Waals surface area contributed by atoms with Gasteiger partial charge in [0.2, 0.25) is 0 Å². The van der Waals surface area contributed by atoms with Gasteiger partial charge in [-0.3, -0.25) is 4.57 Å². The van der Waals surface area contributed by atoms with Crippen LogP contribution in [0.25, 0.3) is 11.4 Å². The van der Waals surface area contributed by atoms with Gasteiger partial charge in [0.15, 0.2) is 11.0 Å². The Bertz CT molecular complexity index is 655. The van der Waals surface area contributed by atoms with E-state index in [9.17, 15) is 5.11 Å². The van der Waals surface area contributed by atoms with Crippen molar-refractivity contribution in [1.82, 2.24) is 14.8 Å². The molecule has 0 radical (unpaired) electrons. The molecule has 0 bridgehead atoms. The van der Waals surface area contributed by atoms with E-state index in [1.165, 1.54) is 0 Å². The van der Waals surface area contributed by atoms with E-state index in [2.05, 4.69) is 16.8 Å². The largest absolute Gasteiger partial charge is 0.469 e. The highest BCUT2D eigenvalue weighted by atomic mass is 32.2. The molecule has 3 heterocycles. The van der Waals surface area contributed by atoms with Crippen molar-refractivity contribution in [2.24, 2.45) is 5.41 Å². The zero-order valence-electron chi connectivity index (χ0n) is 12.5. The molecule has 7 heteroatoms. The Morgan fingerprint density at radius 2 is 2.32 bits per heavy atom. The SMILES string of the molecule is C=CCn1c(SCC2(CO)COC2)nnc1-c1ccoc1C. The molecular formula is C15H19N3O3S. The maximum atomic E-state index is 9.51. The quantitative estimate of drug-likeness (QED) is 0.622. The van der Waals surface area contributed by atoms with Gasteiger partial charge in [0, 0.05) is 17.7 Å². The third kappa shape index (κ3) is 2.71. The van der Waals surface area contributed by atoms with E-state index in [-0.39, 0.29) is 12.0 Å². The van der Waals surface area contributed by atoms with Crippen molar-refractivity contribution in [2.45, 2.75) is 18.6 Å². The maximum absolute atomic E-state index is 9.51. The number of aliphatic hydroxyl groups excluding tert-OH is 1. The van der Waals surface area contributed by atoms with Crippen LogP contribution in [0.1, 0.15) is 5.76 Å². The van der Waals surface area contributed by atoms with Gasteiger partial charge in [0.25, 0.3) is 0 Å². The second-order valence-electron chi connectivity index (χ2n) is 5.54. The monoisotopic (exact) mass is 321 g/mol. The van der Waals surface area contributed by atoms with Crippen LogP contribution < -0.4 is 0 Å². The van der Waals surface area contributed by atoms with Crippen molar-refractivity contribution in [1.29, 1.82) is 0 Å². The van der Waals surface area contributed by atoms with Crippen LogP contribution in [0.4, 0.5) is 0 Å².